The summed E-state index contributed by atoms with van der Waals surface area (Å²) in [5.41, 5.74) is 1.01. The molecule has 0 saturated carbocycles. The van der Waals surface area contributed by atoms with Crippen LogP contribution in [0.25, 0.3) is 0 Å². The van der Waals surface area contributed by atoms with E-state index in [1.54, 1.807) is 0 Å². The van der Waals surface area contributed by atoms with Gasteiger partial charge in [-0.15, -0.1) is 0 Å². The molecule has 2 aromatic rings. The lowest BCUT2D eigenvalue weighted by Gasteiger charge is -1.93. The molecule has 0 fully saturated rings. The summed E-state index contributed by atoms with van der Waals surface area (Å²) in [4.78, 5) is 14.2. The van der Waals surface area contributed by atoms with Crippen LogP contribution in [-0.4, -0.2) is 21.2 Å². The first-order chi connectivity index (χ1) is 7.25. The summed E-state index contributed by atoms with van der Waals surface area (Å²) in [5.74, 6) is -1.21. The van der Waals surface area contributed by atoms with Crippen LogP contribution in [0.3, 0.4) is 0 Å². The monoisotopic (exact) mass is 204 g/mol. The number of carbonyl (C=O) groups is 1. The Morgan fingerprint density at radius 1 is 1.33 bits per heavy atom. The van der Waals surface area contributed by atoms with Crippen molar-refractivity contribution in [1.82, 2.24) is 10.1 Å². The molecular weight excluding hydrogens is 196 g/mol. The fourth-order valence-corrected chi connectivity index (χ4v) is 1.19. The van der Waals surface area contributed by atoms with E-state index >= 15 is 0 Å². The molecule has 0 saturated heterocycles. The predicted octanol–water partition coefficient (Wildman–Crippen LogP) is 1.36. The van der Waals surface area contributed by atoms with Gasteiger partial charge in [0.15, 0.2) is 5.82 Å². The molecule has 0 unspecified atom stereocenters. The summed E-state index contributed by atoms with van der Waals surface area (Å²) in [6, 6.07) is 9.52. The average molecular weight is 204 g/mol. The molecule has 1 heterocycles. The van der Waals surface area contributed by atoms with Crippen LogP contribution in [-0.2, 0) is 6.42 Å². The van der Waals surface area contributed by atoms with Crippen LogP contribution in [0, 0.1) is 0 Å². The SMILES string of the molecule is O=C(O)c1nc(Cc2ccccc2)no1. The number of carboxylic acids is 1. The van der Waals surface area contributed by atoms with E-state index in [0.29, 0.717) is 12.2 Å². The Bertz CT molecular complexity index is 465. The Morgan fingerprint density at radius 3 is 2.67 bits per heavy atom. The summed E-state index contributed by atoms with van der Waals surface area (Å²) < 4.78 is 4.54. The first-order valence-corrected chi connectivity index (χ1v) is 4.35. The number of aromatic carboxylic acids is 1. The van der Waals surface area contributed by atoms with Crippen LogP contribution >= 0.6 is 0 Å². The van der Waals surface area contributed by atoms with Gasteiger partial charge in [0.2, 0.25) is 0 Å². The Labute approximate surface area is 85.4 Å². The molecule has 15 heavy (non-hydrogen) atoms. The molecule has 0 spiro atoms. The lowest BCUT2D eigenvalue weighted by Crippen LogP contribution is -1.97. The van der Waals surface area contributed by atoms with Gasteiger partial charge in [0.1, 0.15) is 0 Å². The zero-order valence-electron chi connectivity index (χ0n) is 7.75. The third-order valence-corrected chi connectivity index (χ3v) is 1.86. The number of hydrogen-bond acceptors (Lipinski definition) is 4. The zero-order chi connectivity index (χ0) is 10.7. The second kappa shape index (κ2) is 3.91. The fourth-order valence-electron chi connectivity index (χ4n) is 1.19. The summed E-state index contributed by atoms with van der Waals surface area (Å²) >= 11 is 0. The molecule has 1 N–H and O–H groups in total. The Morgan fingerprint density at radius 2 is 2.07 bits per heavy atom. The molecule has 0 radical (unpaired) electrons. The lowest BCUT2D eigenvalue weighted by molar-refractivity contribution is 0.0643. The predicted molar refractivity (Wildman–Crippen MR) is 50.5 cm³/mol. The van der Waals surface area contributed by atoms with Crippen molar-refractivity contribution in [1.29, 1.82) is 0 Å². The third-order valence-electron chi connectivity index (χ3n) is 1.86. The van der Waals surface area contributed by atoms with Crippen molar-refractivity contribution in [2.45, 2.75) is 6.42 Å². The van der Waals surface area contributed by atoms with Gasteiger partial charge in [-0.1, -0.05) is 35.5 Å². The van der Waals surface area contributed by atoms with Gasteiger partial charge in [-0.05, 0) is 5.56 Å². The van der Waals surface area contributed by atoms with Crippen LogP contribution < -0.4 is 0 Å². The van der Waals surface area contributed by atoms with Gasteiger partial charge in [-0.3, -0.25) is 0 Å². The van der Waals surface area contributed by atoms with Crippen molar-refractivity contribution in [3.05, 3.63) is 47.6 Å². The largest absolute Gasteiger partial charge is 0.474 e. The molecule has 5 nitrogen and oxygen atoms in total. The first-order valence-electron chi connectivity index (χ1n) is 4.35. The van der Waals surface area contributed by atoms with Gasteiger partial charge < -0.3 is 9.63 Å². The maximum atomic E-state index is 10.5. The van der Waals surface area contributed by atoms with Crippen molar-refractivity contribution in [3.8, 4) is 0 Å². The highest BCUT2D eigenvalue weighted by atomic mass is 16.5. The normalized spacial score (nSPS) is 10.1. The van der Waals surface area contributed by atoms with Gasteiger partial charge >= 0.3 is 11.9 Å². The molecule has 2 rings (SSSR count). The van der Waals surface area contributed by atoms with E-state index < -0.39 is 5.97 Å². The van der Waals surface area contributed by atoms with Crippen molar-refractivity contribution >= 4 is 5.97 Å². The van der Waals surface area contributed by atoms with Crippen molar-refractivity contribution in [2.75, 3.05) is 0 Å². The number of aromatic nitrogens is 2. The Kier molecular flexibility index (Phi) is 2.45. The summed E-state index contributed by atoms with van der Waals surface area (Å²) in [5, 5.41) is 12.1. The first kappa shape index (κ1) is 9.39. The number of benzene rings is 1. The van der Waals surface area contributed by atoms with Crippen LogP contribution in [0.5, 0.6) is 0 Å². The summed E-state index contributed by atoms with van der Waals surface area (Å²) in [6.07, 6.45) is 0.470. The van der Waals surface area contributed by atoms with Crippen molar-refractivity contribution in [2.24, 2.45) is 0 Å². The fraction of sp³-hybridized carbons (Fsp3) is 0.100. The van der Waals surface area contributed by atoms with Crippen molar-refractivity contribution in [3.63, 3.8) is 0 Å². The van der Waals surface area contributed by atoms with Gasteiger partial charge in [-0.2, -0.15) is 4.98 Å². The second-order valence-corrected chi connectivity index (χ2v) is 2.98. The topological polar surface area (TPSA) is 76.2 Å². The molecule has 1 aromatic carbocycles. The smallest absolute Gasteiger partial charge is 0.394 e. The number of rotatable bonds is 3. The van der Waals surface area contributed by atoms with Gasteiger partial charge in [0.05, 0.1) is 0 Å². The van der Waals surface area contributed by atoms with Gasteiger partial charge in [0.25, 0.3) is 0 Å². The third kappa shape index (κ3) is 2.19. The molecule has 76 valence electrons. The molecule has 0 amide bonds. The molecule has 0 aliphatic carbocycles. The van der Waals surface area contributed by atoms with Crippen LogP contribution in [0.2, 0.25) is 0 Å². The highest BCUT2D eigenvalue weighted by Gasteiger charge is 2.12. The van der Waals surface area contributed by atoms with Crippen LogP contribution in [0.4, 0.5) is 0 Å². The van der Waals surface area contributed by atoms with E-state index in [2.05, 4.69) is 14.7 Å². The van der Waals surface area contributed by atoms with Crippen LogP contribution in [0.15, 0.2) is 34.9 Å². The maximum absolute atomic E-state index is 10.5. The Hall–Kier alpha value is -2.17. The second-order valence-electron chi connectivity index (χ2n) is 2.98. The maximum Gasteiger partial charge on any atom is 0.394 e. The number of nitrogens with zero attached hydrogens (tertiary/aromatic N) is 2. The molecular formula is C10H8N2O3. The molecule has 1 aromatic heterocycles. The molecule has 5 heteroatoms. The molecule has 0 atom stereocenters. The highest BCUT2D eigenvalue weighted by molar-refractivity contribution is 5.81. The van der Waals surface area contributed by atoms with E-state index in [1.807, 2.05) is 30.3 Å². The van der Waals surface area contributed by atoms with E-state index in [4.69, 9.17) is 5.11 Å². The molecule has 0 bridgehead atoms. The van der Waals surface area contributed by atoms with Crippen molar-refractivity contribution < 1.29 is 14.4 Å². The van der Waals surface area contributed by atoms with E-state index in [-0.39, 0.29) is 5.89 Å². The van der Waals surface area contributed by atoms with E-state index in [9.17, 15) is 4.79 Å². The van der Waals surface area contributed by atoms with E-state index in [1.165, 1.54) is 0 Å². The molecule has 0 aliphatic rings. The minimum Gasteiger partial charge on any atom is -0.474 e. The quantitative estimate of drug-likeness (QED) is 0.816. The highest BCUT2D eigenvalue weighted by Crippen LogP contribution is 2.06. The molecule has 0 aliphatic heterocycles. The minimum atomic E-state index is -1.21. The van der Waals surface area contributed by atoms with Gasteiger partial charge in [-0.25, -0.2) is 4.79 Å². The lowest BCUT2D eigenvalue weighted by atomic mass is 10.1. The van der Waals surface area contributed by atoms with Crippen LogP contribution in [0.1, 0.15) is 22.1 Å². The van der Waals surface area contributed by atoms with Gasteiger partial charge in [0, 0.05) is 6.42 Å². The number of carboxylic acid groups (broad SMARTS) is 1. The minimum absolute atomic E-state index is 0.374. The summed E-state index contributed by atoms with van der Waals surface area (Å²) in [6.45, 7) is 0. The standard InChI is InChI=1S/C10H8N2O3/c13-10(14)9-11-8(12-15-9)6-7-4-2-1-3-5-7/h1-5H,6H2,(H,13,14). The number of hydrogen-bond donors (Lipinski definition) is 1. The van der Waals surface area contributed by atoms with E-state index in [0.717, 1.165) is 5.56 Å². The zero-order valence-corrected chi connectivity index (χ0v) is 7.75. The Balaban J connectivity index is 2.15. The summed E-state index contributed by atoms with van der Waals surface area (Å²) in [7, 11) is 0. The average Bonchev–Trinajstić information content (AvgIpc) is 2.68.